The number of carbonyl (C=O) groups excluding carboxylic acids is 1. The van der Waals surface area contributed by atoms with Crippen LogP contribution in [0.25, 0.3) is 0 Å². The molecular formula is C17H25NO3. The van der Waals surface area contributed by atoms with Crippen LogP contribution in [0, 0.1) is 6.92 Å². The Balaban J connectivity index is 2.22. The lowest BCUT2D eigenvalue weighted by Crippen LogP contribution is -2.44. The molecule has 1 aliphatic rings. The topological polar surface area (TPSA) is 38.8 Å². The summed E-state index contributed by atoms with van der Waals surface area (Å²) in [6.45, 7) is 3.51. The van der Waals surface area contributed by atoms with Crippen molar-refractivity contribution in [2.45, 2.75) is 38.6 Å². The molecule has 1 aliphatic heterocycles. The third-order valence-electron chi connectivity index (χ3n) is 4.13. The minimum absolute atomic E-state index is 0.0800. The molecule has 1 fully saturated rings. The van der Waals surface area contributed by atoms with Crippen LogP contribution in [0.1, 0.15) is 41.6 Å². The molecule has 0 bridgehead atoms. The van der Waals surface area contributed by atoms with Crippen LogP contribution in [0.15, 0.2) is 18.2 Å². The monoisotopic (exact) mass is 291 g/mol. The summed E-state index contributed by atoms with van der Waals surface area (Å²) in [4.78, 5) is 14.9. The normalized spacial score (nSPS) is 18.6. The number of carbonyl (C=O) groups is 1. The molecule has 1 saturated heterocycles. The molecule has 0 radical (unpaired) electrons. The van der Waals surface area contributed by atoms with Gasteiger partial charge in [0.05, 0.1) is 12.7 Å². The summed E-state index contributed by atoms with van der Waals surface area (Å²) in [5.41, 5.74) is 1.74. The van der Waals surface area contributed by atoms with Crippen molar-refractivity contribution in [3.05, 3.63) is 29.3 Å². The summed E-state index contributed by atoms with van der Waals surface area (Å²) < 4.78 is 10.5. The van der Waals surface area contributed by atoms with E-state index in [1.54, 1.807) is 14.2 Å². The van der Waals surface area contributed by atoms with Crippen molar-refractivity contribution >= 4 is 5.91 Å². The number of piperidine rings is 1. The molecular weight excluding hydrogens is 266 g/mol. The molecule has 1 atom stereocenters. The second-order valence-corrected chi connectivity index (χ2v) is 5.63. The number of hydrogen-bond donors (Lipinski definition) is 0. The lowest BCUT2D eigenvalue weighted by Gasteiger charge is -2.36. The number of methoxy groups -OCH3 is 2. The van der Waals surface area contributed by atoms with Crippen molar-refractivity contribution in [1.82, 2.24) is 4.90 Å². The molecule has 0 aromatic heterocycles. The Labute approximate surface area is 127 Å². The number of ether oxygens (including phenoxy) is 2. The van der Waals surface area contributed by atoms with Crippen molar-refractivity contribution in [3.8, 4) is 5.75 Å². The van der Waals surface area contributed by atoms with Crippen LogP contribution in [0.5, 0.6) is 5.75 Å². The van der Waals surface area contributed by atoms with E-state index in [0.717, 1.165) is 31.4 Å². The first-order chi connectivity index (χ1) is 10.2. The third-order valence-corrected chi connectivity index (χ3v) is 4.13. The van der Waals surface area contributed by atoms with Gasteiger partial charge in [0, 0.05) is 26.3 Å². The molecule has 4 nitrogen and oxygen atoms in total. The van der Waals surface area contributed by atoms with Crippen molar-refractivity contribution in [2.75, 3.05) is 27.4 Å². The fourth-order valence-corrected chi connectivity index (χ4v) is 2.97. The highest BCUT2D eigenvalue weighted by Gasteiger charge is 2.28. The van der Waals surface area contributed by atoms with E-state index in [9.17, 15) is 4.79 Å². The Morgan fingerprint density at radius 2 is 2.14 bits per heavy atom. The van der Waals surface area contributed by atoms with E-state index in [1.807, 2.05) is 30.0 Å². The molecule has 1 unspecified atom stereocenters. The van der Waals surface area contributed by atoms with Gasteiger partial charge in [-0.3, -0.25) is 4.79 Å². The Kier molecular flexibility index (Phi) is 5.62. The minimum atomic E-state index is 0.0800. The molecule has 21 heavy (non-hydrogen) atoms. The number of aryl methyl sites for hydroxylation is 1. The second kappa shape index (κ2) is 7.46. The van der Waals surface area contributed by atoms with Crippen molar-refractivity contribution in [2.24, 2.45) is 0 Å². The van der Waals surface area contributed by atoms with E-state index in [1.165, 1.54) is 6.42 Å². The van der Waals surface area contributed by atoms with E-state index < -0.39 is 0 Å². The van der Waals surface area contributed by atoms with E-state index >= 15 is 0 Å². The van der Waals surface area contributed by atoms with E-state index in [-0.39, 0.29) is 11.9 Å². The van der Waals surface area contributed by atoms with Gasteiger partial charge in [-0.2, -0.15) is 0 Å². The Hall–Kier alpha value is -1.55. The van der Waals surface area contributed by atoms with E-state index in [2.05, 4.69) is 0 Å². The van der Waals surface area contributed by atoms with Gasteiger partial charge in [-0.15, -0.1) is 0 Å². The van der Waals surface area contributed by atoms with Gasteiger partial charge in [-0.1, -0.05) is 11.6 Å². The van der Waals surface area contributed by atoms with Crippen molar-refractivity contribution in [1.29, 1.82) is 0 Å². The maximum atomic E-state index is 12.9. The summed E-state index contributed by atoms with van der Waals surface area (Å²) in [5, 5.41) is 0. The van der Waals surface area contributed by atoms with E-state index in [4.69, 9.17) is 9.47 Å². The lowest BCUT2D eigenvalue weighted by molar-refractivity contribution is 0.0550. The molecule has 116 valence electrons. The van der Waals surface area contributed by atoms with Gasteiger partial charge in [0.15, 0.2) is 0 Å². The van der Waals surface area contributed by atoms with Gasteiger partial charge in [0.1, 0.15) is 5.75 Å². The maximum absolute atomic E-state index is 12.9. The average Bonchev–Trinajstić information content (AvgIpc) is 2.52. The summed E-state index contributed by atoms with van der Waals surface area (Å²) in [6.07, 6.45) is 4.21. The van der Waals surface area contributed by atoms with Gasteiger partial charge in [0.25, 0.3) is 5.91 Å². The standard InChI is InChI=1S/C17H25NO3/c1-13-7-8-16(21-3)15(12-13)17(19)18-10-5-4-6-14(18)9-11-20-2/h7-8,12,14H,4-6,9-11H2,1-3H3. The fourth-order valence-electron chi connectivity index (χ4n) is 2.97. The van der Waals surface area contributed by atoms with Crippen LogP contribution < -0.4 is 4.74 Å². The number of nitrogens with zero attached hydrogens (tertiary/aromatic N) is 1. The quantitative estimate of drug-likeness (QED) is 0.837. The number of hydrogen-bond acceptors (Lipinski definition) is 3. The van der Waals surface area contributed by atoms with Crippen LogP contribution in [0.2, 0.25) is 0 Å². The predicted molar refractivity (Wildman–Crippen MR) is 82.9 cm³/mol. The average molecular weight is 291 g/mol. The largest absolute Gasteiger partial charge is 0.496 e. The zero-order valence-corrected chi connectivity index (χ0v) is 13.2. The smallest absolute Gasteiger partial charge is 0.257 e. The highest BCUT2D eigenvalue weighted by atomic mass is 16.5. The highest BCUT2D eigenvalue weighted by Crippen LogP contribution is 2.26. The van der Waals surface area contributed by atoms with E-state index in [0.29, 0.717) is 17.9 Å². The summed E-state index contributed by atoms with van der Waals surface area (Å²) in [7, 11) is 3.32. The molecule has 1 heterocycles. The van der Waals surface area contributed by atoms with Gasteiger partial charge in [-0.25, -0.2) is 0 Å². The Morgan fingerprint density at radius 1 is 1.33 bits per heavy atom. The fraction of sp³-hybridized carbons (Fsp3) is 0.588. The summed E-state index contributed by atoms with van der Waals surface area (Å²) in [5.74, 6) is 0.734. The second-order valence-electron chi connectivity index (χ2n) is 5.63. The minimum Gasteiger partial charge on any atom is -0.496 e. The van der Waals surface area contributed by atoms with Crippen LogP contribution in [-0.2, 0) is 4.74 Å². The van der Waals surface area contributed by atoms with Crippen LogP contribution >= 0.6 is 0 Å². The number of rotatable bonds is 5. The lowest BCUT2D eigenvalue weighted by atomic mass is 9.98. The molecule has 1 aromatic rings. The van der Waals surface area contributed by atoms with Crippen molar-refractivity contribution in [3.63, 3.8) is 0 Å². The van der Waals surface area contributed by atoms with Crippen LogP contribution in [-0.4, -0.2) is 44.2 Å². The van der Waals surface area contributed by atoms with Crippen molar-refractivity contribution < 1.29 is 14.3 Å². The maximum Gasteiger partial charge on any atom is 0.257 e. The first-order valence-corrected chi connectivity index (χ1v) is 7.62. The zero-order valence-electron chi connectivity index (χ0n) is 13.2. The molecule has 2 rings (SSSR count). The molecule has 0 saturated carbocycles. The van der Waals surface area contributed by atoms with Gasteiger partial charge >= 0.3 is 0 Å². The van der Waals surface area contributed by atoms with Crippen LogP contribution in [0.4, 0.5) is 0 Å². The number of likely N-dealkylation sites (tertiary alicyclic amines) is 1. The summed E-state index contributed by atoms with van der Waals surface area (Å²) >= 11 is 0. The molecule has 0 N–H and O–H groups in total. The predicted octanol–water partition coefficient (Wildman–Crippen LogP) is 3.03. The zero-order chi connectivity index (χ0) is 15.2. The first-order valence-electron chi connectivity index (χ1n) is 7.62. The van der Waals surface area contributed by atoms with Gasteiger partial charge < -0.3 is 14.4 Å². The highest BCUT2D eigenvalue weighted by molar-refractivity contribution is 5.97. The van der Waals surface area contributed by atoms with Gasteiger partial charge in [-0.05, 0) is 44.7 Å². The van der Waals surface area contributed by atoms with Crippen LogP contribution in [0.3, 0.4) is 0 Å². The summed E-state index contributed by atoms with van der Waals surface area (Å²) in [6, 6.07) is 6.03. The molecule has 1 aromatic carbocycles. The number of benzene rings is 1. The molecule has 0 spiro atoms. The van der Waals surface area contributed by atoms with Gasteiger partial charge in [0.2, 0.25) is 0 Å². The third kappa shape index (κ3) is 3.76. The molecule has 1 amide bonds. The molecule has 4 heteroatoms. The Bertz CT molecular complexity index is 487. The SMILES string of the molecule is COCCC1CCCCN1C(=O)c1cc(C)ccc1OC. The first kappa shape index (κ1) is 15.8. The Morgan fingerprint density at radius 3 is 2.86 bits per heavy atom. The number of amides is 1. The molecule has 0 aliphatic carbocycles.